The van der Waals surface area contributed by atoms with Crippen LogP contribution < -0.4 is 5.32 Å². The maximum absolute atomic E-state index is 12.9. The SMILES string of the molecule is O=CN1CCN(C(=O)c2ccnc(C(=O)Nc3ccc(F)cc3)c2)CC1. The molecule has 1 aliphatic rings. The summed E-state index contributed by atoms with van der Waals surface area (Å²) in [7, 11) is 0. The second kappa shape index (κ2) is 7.73. The Bertz CT molecular complexity index is 817. The number of aromatic nitrogens is 1. The Morgan fingerprint density at radius 1 is 1.08 bits per heavy atom. The molecule has 0 atom stereocenters. The van der Waals surface area contributed by atoms with Crippen molar-refractivity contribution >= 4 is 23.9 Å². The van der Waals surface area contributed by atoms with E-state index in [0.717, 1.165) is 6.41 Å². The third-order valence-electron chi connectivity index (χ3n) is 4.09. The predicted molar refractivity (Wildman–Crippen MR) is 92.1 cm³/mol. The molecule has 26 heavy (non-hydrogen) atoms. The van der Waals surface area contributed by atoms with Crippen LogP contribution in [0.25, 0.3) is 0 Å². The standard InChI is InChI=1S/C18H17FN4O3/c19-14-1-3-15(4-2-14)21-17(25)16-11-13(5-6-20-16)18(26)23-9-7-22(12-24)8-10-23/h1-6,11-12H,7-10H2,(H,21,25). The number of carbonyl (C=O) groups excluding carboxylic acids is 3. The van der Waals surface area contributed by atoms with Gasteiger partial charge in [0.25, 0.3) is 11.8 Å². The highest BCUT2D eigenvalue weighted by Crippen LogP contribution is 2.12. The van der Waals surface area contributed by atoms with Gasteiger partial charge in [0.1, 0.15) is 11.5 Å². The van der Waals surface area contributed by atoms with Crippen molar-refractivity contribution in [3.8, 4) is 0 Å². The number of halogens is 1. The van der Waals surface area contributed by atoms with Crippen molar-refractivity contribution in [1.29, 1.82) is 0 Å². The Balaban J connectivity index is 1.69. The maximum atomic E-state index is 12.9. The van der Waals surface area contributed by atoms with Gasteiger partial charge < -0.3 is 15.1 Å². The molecule has 1 aliphatic heterocycles. The van der Waals surface area contributed by atoms with Gasteiger partial charge in [-0.25, -0.2) is 4.39 Å². The highest BCUT2D eigenvalue weighted by molar-refractivity contribution is 6.04. The third-order valence-corrected chi connectivity index (χ3v) is 4.09. The van der Waals surface area contributed by atoms with E-state index in [0.29, 0.717) is 37.4 Å². The van der Waals surface area contributed by atoms with Crippen molar-refractivity contribution in [2.24, 2.45) is 0 Å². The van der Waals surface area contributed by atoms with Crippen LogP contribution in [0.2, 0.25) is 0 Å². The van der Waals surface area contributed by atoms with Gasteiger partial charge in [-0.3, -0.25) is 19.4 Å². The van der Waals surface area contributed by atoms with Crippen molar-refractivity contribution in [3.05, 3.63) is 59.7 Å². The molecule has 0 aliphatic carbocycles. The number of piperazine rings is 1. The molecule has 2 aromatic rings. The topological polar surface area (TPSA) is 82.6 Å². The van der Waals surface area contributed by atoms with E-state index in [1.807, 2.05) is 0 Å². The summed E-state index contributed by atoms with van der Waals surface area (Å²) in [6.07, 6.45) is 2.17. The molecule has 0 spiro atoms. The summed E-state index contributed by atoms with van der Waals surface area (Å²) < 4.78 is 12.9. The molecule has 3 rings (SSSR count). The van der Waals surface area contributed by atoms with Crippen molar-refractivity contribution in [3.63, 3.8) is 0 Å². The van der Waals surface area contributed by atoms with Crippen LogP contribution in [-0.4, -0.2) is 59.2 Å². The molecule has 0 bridgehead atoms. The fourth-order valence-electron chi connectivity index (χ4n) is 2.63. The lowest BCUT2D eigenvalue weighted by Gasteiger charge is -2.32. The largest absolute Gasteiger partial charge is 0.342 e. The number of hydrogen-bond acceptors (Lipinski definition) is 4. The summed E-state index contributed by atoms with van der Waals surface area (Å²) in [5.41, 5.74) is 0.871. The lowest BCUT2D eigenvalue weighted by molar-refractivity contribution is -0.119. The molecular weight excluding hydrogens is 339 g/mol. The van der Waals surface area contributed by atoms with Crippen LogP contribution in [0.3, 0.4) is 0 Å². The van der Waals surface area contributed by atoms with Crippen LogP contribution in [0.15, 0.2) is 42.6 Å². The van der Waals surface area contributed by atoms with E-state index in [2.05, 4.69) is 10.3 Å². The van der Waals surface area contributed by atoms with E-state index in [1.165, 1.54) is 36.5 Å². The smallest absolute Gasteiger partial charge is 0.274 e. The first kappa shape index (κ1) is 17.5. The second-order valence-corrected chi connectivity index (χ2v) is 5.82. The summed E-state index contributed by atoms with van der Waals surface area (Å²) in [6.45, 7) is 1.85. The lowest BCUT2D eigenvalue weighted by Crippen LogP contribution is -2.48. The van der Waals surface area contributed by atoms with Crippen LogP contribution in [0.4, 0.5) is 10.1 Å². The average Bonchev–Trinajstić information content (AvgIpc) is 2.69. The van der Waals surface area contributed by atoms with Gasteiger partial charge in [-0.15, -0.1) is 0 Å². The molecule has 8 heteroatoms. The number of carbonyl (C=O) groups is 3. The highest BCUT2D eigenvalue weighted by atomic mass is 19.1. The highest BCUT2D eigenvalue weighted by Gasteiger charge is 2.22. The minimum atomic E-state index is -0.489. The molecule has 0 unspecified atom stereocenters. The van der Waals surface area contributed by atoms with Crippen molar-refractivity contribution in [1.82, 2.24) is 14.8 Å². The van der Waals surface area contributed by atoms with E-state index in [1.54, 1.807) is 15.9 Å². The molecule has 134 valence electrons. The van der Waals surface area contributed by atoms with Crippen molar-refractivity contribution in [2.75, 3.05) is 31.5 Å². The normalized spacial score (nSPS) is 14.0. The molecule has 0 saturated carbocycles. The molecule has 1 aromatic heterocycles. The first-order chi connectivity index (χ1) is 12.6. The van der Waals surface area contributed by atoms with Crippen LogP contribution in [0.1, 0.15) is 20.8 Å². The summed E-state index contributed by atoms with van der Waals surface area (Å²) in [6, 6.07) is 8.32. The van der Waals surface area contributed by atoms with Crippen LogP contribution in [0, 0.1) is 5.82 Å². The summed E-state index contributed by atoms with van der Waals surface area (Å²) in [5, 5.41) is 2.61. The average molecular weight is 356 g/mol. The monoisotopic (exact) mass is 356 g/mol. The van der Waals surface area contributed by atoms with E-state index in [9.17, 15) is 18.8 Å². The minimum absolute atomic E-state index is 0.0895. The Morgan fingerprint density at radius 2 is 1.77 bits per heavy atom. The molecule has 1 aromatic carbocycles. The van der Waals surface area contributed by atoms with Crippen LogP contribution >= 0.6 is 0 Å². The number of amides is 3. The van der Waals surface area contributed by atoms with Gasteiger partial charge in [0.15, 0.2) is 0 Å². The predicted octanol–water partition coefficient (Wildman–Crippen LogP) is 1.39. The molecular formula is C18H17FN4O3. The number of nitrogens with zero attached hydrogens (tertiary/aromatic N) is 3. The molecule has 2 heterocycles. The molecule has 1 fully saturated rings. The van der Waals surface area contributed by atoms with E-state index >= 15 is 0 Å². The molecule has 0 radical (unpaired) electrons. The summed E-state index contributed by atoms with van der Waals surface area (Å²) >= 11 is 0. The lowest BCUT2D eigenvalue weighted by atomic mass is 10.1. The Morgan fingerprint density at radius 3 is 2.42 bits per heavy atom. The van der Waals surface area contributed by atoms with Crippen LogP contribution in [-0.2, 0) is 4.79 Å². The van der Waals surface area contributed by atoms with Gasteiger partial charge in [-0.05, 0) is 36.4 Å². The Kier molecular flexibility index (Phi) is 5.21. The van der Waals surface area contributed by atoms with E-state index in [-0.39, 0.29) is 11.6 Å². The third kappa shape index (κ3) is 4.02. The van der Waals surface area contributed by atoms with Gasteiger partial charge in [-0.2, -0.15) is 0 Å². The van der Waals surface area contributed by atoms with Gasteiger partial charge in [-0.1, -0.05) is 0 Å². The number of anilines is 1. The summed E-state index contributed by atoms with van der Waals surface area (Å²) in [5.74, 6) is -1.10. The quantitative estimate of drug-likeness (QED) is 0.839. The van der Waals surface area contributed by atoms with Gasteiger partial charge in [0.05, 0.1) is 0 Å². The Labute approximate surface area is 149 Å². The van der Waals surface area contributed by atoms with E-state index < -0.39 is 11.7 Å². The van der Waals surface area contributed by atoms with Crippen LogP contribution in [0.5, 0.6) is 0 Å². The van der Waals surface area contributed by atoms with Gasteiger partial charge in [0.2, 0.25) is 6.41 Å². The zero-order chi connectivity index (χ0) is 18.5. The van der Waals surface area contributed by atoms with Gasteiger partial charge in [0, 0.05) is 43.6 Å². The molecule has 1 saturated heterocycles. The van der Waals surface area contributed by atoms with Crippen molar-refractivity contribution < 1.29 is 18.8 Å². The number of hydrogen-bond donors (Lipinski definition) is 1. The first-order valence-electron chi connectivity index (χ1n) is 8.08. The van der Waals surface area contributed by atoms with Gasteiger partial charge >= 0.3 is 0 Å². The number of rotatable bonds is 4. The molecule has 7 nitrogen and oxygen atoms in total. The zero-order valence-electron chi connectivity index (χ0n) is 13.9. The Hall–Kier alpha value is -3.29. The number of nitrogens with one attached hydrogen (secondary N) is 1. The van der Waals surface area contributed by atoms with Crippen molar-refractivity contribution in [2.45, 2.75) is 0 Å². The number of benzene rings is 1. The second-order valence-electron chi connectivity index (χ2n) is 5.82. The number of pyridine rings is 1. The molecule has 1 N–H and O–H groups in total. The van der Waals surface area contributed by atoms with E-state index in [4.69, 9.17) is 0 Å². The fourth-order valence-corrected chi connectivity index (χ4v) is 2.63. The minimum Gasteiger partial charge on any atom is -0.342 e. The zero-order valence-corrected chi connectivity index (χ0v) is 13.9. The first-order valence-corrected chi connectivity index (χ1v) is 8.08. The maximum Gasteiger partial charge on any atom is 0.274 e. The fraction of sp³-hybridized carbons (Fsp3) is 0.222. The summed E-state index contributed by atoms with van der Waals surface area (Å²) in [4.78, 5) is 42.9. The molecule has 3 amide bonds.